The summed E-state index contributed by atoms with van der Waals surface area (Å²) in [6, 6.07) is 3.59. The number of halogens is 1. The van der Waals surface area contributed by atoms with Crippen molar-refractivity contribution in [3.63, 3.8) is 0 Å². The Kier molecular flexibility index (Phi) is 6.67. The molecule has 4 nitrogen and oxygen atoms in total. The normalized spacial score (nSPS) is 10.3. The van der Waals surface area contributed by atoms with E-state index in [4.69, 9.17) is 21.1 Å². The Hall–Kier alpha value is -1.26. The summed E-state index contributed by atoms with van der Waals surface area (Å²) in [7, 11) is 3.23. The first-order valence-electron chi connectivity index (χ1n) is 6.17. The van der Waals surface area contributed by atoms with Crippen LogP contribution in [0.4, 0.5) is 0 Å². The lowest BCUT2D eigenvalue weighted by Crippen LogP contribution is -2.27. The number of rotatable bonds is 7. The fourth-order valence-corrected chi connectivity index (χ4v) is 2.20. The molecular formula is C14H20ClNO3. The van der Waals surface area contributed by atoms with E-state index in [1.54, 1.807) is 20.3 Å². The molecule has 106 valence electrons. The number of carbonyl (C=O) groups is 1. The van der Waals surface area contributed by atoms with Crippen LogP contribution in [0.25, 0.3) is 0 Å². The molecule has 0 saturated carbocycles. The van der Waals surface area contributed by atoms with Crippen LogP contribution in [0.15, 0.2) is 12.1 Å². The van der Waals surface area contributed by atoms with Crippen LogP contribution in [0.1, 0.15) is 17.5 Å². The maximum Gasteiger partial charge on any atom is 0.224 e. The molecule has 0 aliphatic carbocycles. The van der Waals surface area contributed by atoms with E-state index >= 15 is 0 Å². The Morgan fingerprint density at radius 3 is 2.74 bits per heavy atom. The largest absolute Gasteiger partial charge is 0.496 e. The number of carbonyl (C=O) groups excluding carboxylic acids is 1. The molecule has 0 atom stereocenters. The molecule has 0 bridgehead atoms. The Balaban J connectivity index is 2.63. The summed E-state index contributed by atoms with van der Waals surface area (Å²) in [6.07, 6.45) is 1.06. The van der Waals surface area contributed by atoms with E-state index in [1.807, 2.05) is 13.0 Å². The molecule has 5 heteroatoms. The highest BCUT2D eigenvalue weighted by Crippen LogP contribution is 2.27. The van der Waals surface area contributed by atoms with E-state index in [2.05, 4.69) is 5.32 Å². The van der Waals surface area contributed by atoms with Crippen LogP contribution in [0.3, 0.4) is 0 Å². The van der Waals surface area contributed by atoms with E-state index in [1.165, 1.54) is 0 Å². The minimum Gasteiger partial charge on any atom is -0.496 e. The standard InChI is InChI=1S/C14H20ClNO3/c1-10-7-12(15)8-11(14(10)19-3)9-13(17)16-5-4-6-18-2/h7-8H,4-6,9H2,1-3H3,(H,16,17). The third-order valence-electron chi connectivity index (χ3n) is 2.72. The van der Waals surface area contributed by atoms with Crippen molar-refractivity contribution in [2.45, 2.75) is 19.8 Å². The Morgan fingerprint density at radius 1 is 1.37 bits per heavy atom. The molecule has 0 aliphatic heterocycles. The number of methoxy groups -OCH3 is 2. The van der Waals surface area contributed by atoms with Gasteiger partial charge in [-0.3, -0.25) is 4.79 Å². The molecule has 19 heavy (non-hydrogen) atoms. The zero-order valence-corrected chi connectivity index (χ0v) is 12.3. The van der Waals surface area contributed by atoms with E-state index in [9.17, 15) is 4.79 Å². The van der Waals surface area contributed by atoms with Crippen LogP contribution in [0.5, 0.6) is 5.75 Å². The average Bonchev–Trinajstić information content (AvgIpc) is 2.34. The van der Waals surface area contributed by atoms with Crippen LogP contribution in [-0.2, 0) is 16.0 Å². The van der Waals surface area contributed by atoms with Gasteiger partial charge in [-0.25, -0.2) is 0 Å². The van der Waals surface area contributed by atoms with Gasteiger partial charge in [0.1, 0.15) is 5.75 Å². The van der Waals surface area contributed by atoms with Crippen molar-refractivity contribution in [2.24, 2.45) is 0 Å². The van der Waals surface area contributed by atoms with Crippen molar-refractivity contribution >= 4 is 17.5 Å². The second kappa shape index (κ2) is 8.02. The zero-order valence-electron chi connectivity index (χ0n) is 11.6. The summed E-state index contributed by atoms with van der Waals surface area (Å²) in [5.41, 5.74) is 1.73. The van der Waals surface area contributed by atoms with Gasteiger partial charge in [0.15, 0.2) is 0 Å². The smallest absolute Gasteiger partial charge is 0.224 e. The summed E-state index contributed by atoms with van der Waals surface area (Å²) in [5.74, 6) is 0.674. The van der Waals surface area contributed by atoms with Gasteiger partial charge in [-0.1, -0.05) is 11.6 Å². The van der Waals surface area contributed by atoms with Crippen LogP contribution in [0.2, 0.25) is 5.02 Å². The number of amides is 1. The van der Waals surface area contributed by atoms with Crippen molar-refractivity contribution in [2.75, 3.05) is 27.4 Å². The fourth-order valence-electron chi connectivity index (χ4n) is 1.90. The first kappa shape index (κ1) is 15.8. The van der Waals surface area contributed by atoms with Gasteiger partial charge in [0.05, 0.1) is 13.5 Å². The third kappa shape index (κ3) is 5.09. The maximum absolute atomic E-state index is 11.8. The monoisotopic (exact) mass is 285 g/mol. The highest BCUT2D eigenvalue weighted by molar-refractivity contribution is 6.30. The molecule has 0 aromatic heterocycles. The highest BCUT2D eigenvalue weighted by Gasteiger charge is 2.12. The molecule has 1 aromatic rings. The highest BCUT2D eigenvalue weighted by atomic mass is 35.5. The van der Waals surface area contributed by atoms with E-state index < -0.39 is 0 Å². The number of hydrogen-bond donors (Lipinski definition) is 1. The SMILES string of the molecule is COCCCNC(=O)Cc1cc(Cl)cc(C)c1OC. The molecular weight excluding hydrogens is 266 g/mol. The average molecular weight is 286 g/mol. The molecule has 1 N–H and O–H groups in total. The molecule has 0 spiro atoms. The van der Waals surface area contributed by atoms with Crippen molar-refractivity contribution in [1.29, 1.82) is 0 Å². The lowest BCUT2D eigenvalue weighted by molar-refractivity contribution is -0.120. The molecule has 0 radical (unpaired) electrons. The summed E-state index contributed by atoms with van der Waals surface area (Å²) in [6.45, 7) is 3.15. The summed E-state index contributed by atoms with van der Waals surface area (Å²) in [5, 5.41) is 3.45. The fraction of sp³-hybridized carbons (Fsp3) is 0.500. The zero-order chi connectivity index (χ0) is 14.3. The second-order valence-corrected chi connectivity index (χ2v) is 4.72. The van der Waals surface area contributed by atoms with Gasteiger partial charge < -0.3 is 14.8 Å². The first-order valence-corrected chi connectivity index (χ1v) is 6.55. The van der Waals surface area contributed by atoms with Crippen molar-refractivity contribution in [3.05, 3.63) is 28.3 Å². The Morgan fingerprint density at radius 2 is 2.11 bits per heavy atom. The lowest BCUT2D eigenvalue weighted by atomic mass is 10.1. The van der Waals surface area contributed by atoms with E-state index in [-0.39, 0.29) is 12.3 Å². The van der Waals surface area contributed by atoms with Crippen LogP contribution in [0, 0.1) is 6.92 Å². The predicted octanol–water partition coefficient (Wildman–Crippen LogP) is 2.35. The number of benzene rings is 1. The molecule has 1 rings (SSSR count). The van der Waals surface area contributed by atoms with Gasteiger partial charge in [-0.15, -0.1) is 0 Å². The van der Waals surface area contributed by atoms with Gasteiger partial charge >= 0.3 is 0 Å². The topological polar surface area (TPSA) is 47.6 Å². The van der Waals surface area contributed by atoms with Crippen molar-refractivity contribution in [3.8, 4) is 5.75 Å². The molecule has 0 unspecified atom stereocenters. The number of aryl methyl sites for hydroxylation is 1. The van der Waals surface area contributed by atoms with E-state index in [0.29, 0.717) is 18.2 Å². The van der Waals surface area contributed by atoms with Crippen molar-refractivity contribution < 1.29 is 14.3 Å². The van der Waals surface area contributed by atoms with Gasteiger partial charge in [0.2, 0.25) is 5.91 Å². The lowest BCUT2D eigenvalue weighted by Gasteiger charge is -2.12. The number of hydrogen-bond acceptors (Lipinski definition) is 3. The Labute approximate surface area is 119 Å². The van der Waals surface area contributed by atoms with E-state index in [0.717, 1.165) is 23.3 Å². The molecule has 0 heterocycles. The summed E-state index contributed by atoms with van der Waals surface area (Å²) in [4.78, 5) is 11.8. The maximum atomic E-state index is 11.8. The minimum absolute atomic E-state index is 0.0453. The molecule has 0 aliphatic rings. The van der Waals surface area contributed by atoms with Crippen LogP contribution in [-0.4, -0.2) is 33.3 Å². The second-order valence-electron chi connectivity index (χ2n) is 4.29. The van der Waals surface area contributed by atoms with Gasteiger partial charge in [0, 0.05) is 30.8 Å². The number of nitrogens with one attached hydrogen (secondary N) is 1. The van der Waals surface area contributed by atoms with Crippen LogP contribution >= 0.6 is 11.6 Å². The van der Waals surface area contributed by atoms with Crippen LogP contribution < -0.4 is 10.1 Å². The van der Waals surface area contributed by atoms with Gasteiger partial charge in [-0.2, -0.15) is 0 Å². The summed E-state index contributed by atoms with van der Waals surface area (Å²) < 4.78 is 10.2. The summed E-state index contributed by atoms with van der Waals surface area (Å²) >= 11 is 6.00. The van der Waals surface area contributed by atoms with Gasteiger partial charge in [0.25, 0.3) is 0 Å². The minimum atomic E-state index is -0.0453. The quantitative estimate of drug-likeness (QED) is 0.782. The molecule has 1 amide bonds. The Bertz CT molecular complexity index is 435. The van der Waals surface area contributed by atoms with Crippen molar-refractivity contribution in [1.82, 2.24) is 5.32 Å². The molecule has 0 saturated heterocycles. The molecule has 1 aromatic carbocycles. The number of ether oxygens (including phenoxy) is 2. The third-order valence-corrected chi connectivity index (χ3v) is 2.94. The predicted molar refractivity (Wildman–Crippen MR) is 75.9 cm³/mol. The molecule has 0 fully saturated rings. The first-order chi connectivity index (χ1) is 9.08. The van der Waals surface area contributed by atoms with Gasteiger partial charge in [-0.05, 0) is 31.0 Å².